The summed E-state index contributed by atoms with van der Waals surface area (Å²) in [5, 5.41) is 0. The maximum absolute atomic E-state index is 11.8. The molecule has 1 aromatic carbocycles. The van der Waals surface area contributed by atoms with Gasteiger partial charge in [0.05, 0.1) is 26.2 Å². The number of imidazole rings is 1. The van der Waals surface area contributed by atoms with Crippen LogP contribution in [0.1, 0.15) is 23.0 Å². The number of hydrogen-bond donors (Lipinski definition) is 0. The van der Waals surface area contributed by atoms with Crippen molar-refractivity contribution in [3.63, 3.8) is 0 Å². The highest BCUT2D eigenvalue weighted by Crippen LogP contribution is 2.20. The molecule has 0 unspecified atom stereocenters. The zero-order valence-electron chi connectivity index (χ0n) is 11.5. The number of benzene rings is 1. The molecule has 0 amide bonds. The van der Waals surface area contributed by atoms with E-state index in [0.717, 1.165) is 11.3 Å². The van der Waals surface area contributed by atoms with Gasteiger partial charge in [0.1, 0.15) is 5.75 Å². The molecular weight excluding hydrogens is 256 g/mol. The Morgan fingerprint density at radius 1 is 1.35 bits per heavy atom. The minimum absolute atomic E-state index is 0.318. The average molecular weight is 272 g/mol. The highest BCUT2D eigenvalue weighted by atomic mass is 16.5. The van der Waals surface area contributed by atoms with E-state index in [4.69, 9.17) is 9.47 Å². The first-order valence-corrected chi connectivity index (χ1v) is 6.20. The van der Waals surface area contributed by atoms with E-state index in [9.17, 15) is 4.79 Å². The fourth-order valence-electron chi connectivity index (χ4n) is 1.79. The van der Waals surface area contributed by atoms with Gasteiger partial charge < -0.3 is 9.47 Å². The van der Waals surface area contributed by atoms with E-state index in [1.165, 1.54) is 6.20 Å². The molecule has 0 aliphatic carbocycles. The second kappa shape index (κ2) is 6.06. The number of ether oxygens (including phenoxy) is 2. The lowest BCUT2D eigenvalue weighted by molar-refractivity contribution is 0.0517. The van der Waals surface area contributed by atoms with Gasteiger partial charge in [-0.25, -0.2) is 9.78 Å². The third kappa shape index (κ3) is 2.71. The lowest BCUT2D eigenvalue weighted by atomic mass is 10.1. The van der Waals surface area contributed by atoms with Crippen molar-refractivity contribution in [2.75, 3.05) is 13.7 Å². The lowest BCUT2D eigenvalue weighted by Crippen LogP contribution is -2.11. The predicted octanol–water partition coefficient (Wildman–Crippen LogP) is 2.59. The van der Waals surface area contributed by atoms with Crippen molar-refractivity contribution in [1.29, 1.82) is 0 Å². The number of nitrogens with zero attached hydrogens (tertiary/aromatic N) is 2. The minimum atomic E-state index is -0.417. The number of methoxy groups -OCH3 is 1. The van der Waals surface area contributed by atoms with E-state index in [1.807, 2.05) is 24.3 Å². The number of esters is 1. The van der Waals surface area contributed by atoms with Crippen LogP contribution in [0.4, 0.5) is 0 Å². The van der Waals surface area contributed by atoms with Crippen LogP contribution in [-0.4, -0.2) is 29.2 Å². The first-order valence-electron chi connectivity index (χ1n) is 6.20. The van der Waals surface area contributed by atoms with Gasteiger partial charge in [-0.2, -0.15) is 0 Å². The summed E-state index contributed by atoms with van der Waals surface area (Å²) in [7, 11) is 1.61. The van der Waals surface area contributed by atoms with Crippen LogP contribution in [0.25, 0.3) is 5.70 Å². The van der Waals surface area contributed by atoms with Gasteiger partial charge >= 0.3 is 5.97 Å². The van der Waals surface area contributed by atoms with Gasteiger partial charge in [-0.1, -0.05) is 6.58 Å². The molecule has 1 heterocycles. The second-order valence-corrected chi connectivity index (χ2v) is 4.04. The summed E-state index contributed by atoms with van der Waals surface area (Å²) in [6.07, 6.45) is 3.01. The number of rotatable bonds is 5. The fraction of sp³-hybridized carbons (Fsp3) is 0.200. The topological polar surface area (TPSA) is 53.4 Å². The van der Waals surface area contributed by atoms with Crippen LogP contribution in [0.5, 0.6) is 5.75 Å². The van der Waals surface area contributed by atoms with Crippen molar-refractivity contribution in [3.8, 4) is 5.75 Å². The normalized spacial score (nSPS) is 10.1. The highest BCUT2D eigenvalue weighted by molar-refractivity contribution is 5.89. The van der Waals surface area contributed by atoms with Gasteiger partial charge in [0.2, 0.25) is 0 Å². The molecule has 0 atom stereocenters. The Balaban J connectivity index is 2.29. The third-order valence-electron chi connectivity index (χ3n) is 2.84. The van der Waals surface area contributed by atoms with Crippen molar-refractivity contribution in [2.45, 2.75) is 6.92 Å². The SMILES string of the molecule is C=C(c1ccc(OC)cc1)n1cncc1C(=O)OCC. The monoisotopic (exact) mass is 272 g/mol. The van der Waals surface area contributed by atoms with E-state index in [1.54, 1.807) is 24.9 Å². The first kappa shape index (κ1) is 13.9. The van der Waals surface area contributed by atoms with Crippen molar-refractivity contribution in [1.82, 2.24) is 9.55 Å². The molecule has 0 bridgehead atoms. The van der Waals surface area contributed by atoms with Crippen LogP contribution < -0.4 is 4.74 Å². The van der Waals surface area contributed by atoms with E-state index in [-0.39, 0.29) is 0 Å². The van der Waals surface area contributed by atoms with Crippen molar-refractivity contribution in [2.24, 2.45) is 0 Å². The molecule has 0 aliphatic rings. The summed E-state index contributed by atoms with van der Waals surface area (Å²) in [5.41, 5.74) is 1.87. The number of carbonyl (C=O) groups is 1. The molecule has 5 nitrogen and oxygen atoms in total. The number of hydrogen-bond acceptors (Lipinski definition) is 4. The third-order valence-corrected chi connectivity index (χ3v) is 2.84. The molecule has 0 aliphatic heterocycles. The number of carbonyl (C=O) groups excluding carboxylic acids is 1. The van der Waals surface area contributed by atoms with Crippen LogP contribution in [-0.2, 0) is 4.74 Å². The summed E-state index contributed by atoms with van der Waals surface area (Å²) >= 11 is 0. The largest absolute Gasteiger partial charge is 0.497 e. The molecule has 0 radical (unpaired) electrons. The standard InChI is InChI=1S/C15H16N2O3/c1-4-20-15(18)14-9-16-10-17(14)11(2)12-5-7-13(19-3)8-6-12/h5-10H,2,4H2,1,3H3. The van der Waals surface area contributed by atoms with Crippen LogP contribution in [0.2, 0.25) is 0 Å². The summed E-state index contributed by atoms with van der Waals surface area (Å²) in [6.45, 7) is 6.08. The van der Waals surface area contributed by atoms with Crippen molar-refractivity contribution >= 4 is 11.7 Å². The highest BCUT2D eigenvalue weighted by Gasteiger charge is 2.15. The van der Waals surface area contributed by atoms with Crippen LogP contribution in [0, 0.1) is 0 Å². The molecule has 0 N–H and O–H groups in total. The molecule has 0 fully saturated rings. The van der Waals surface area contributed by atoms with Crippen LogP contribution in [0.3, 0.4) is 0 Å². The minimum Gasteiger partial charge on any atom is -0.497 e. The van der Waals surface area contributed by atoms with Gasteiger partial charge in [0.15, 0.2) is 5.69 Å². The smallest absolute Gasteiger partial charge is 0.356 e. The van der Waals surface area contributed by atoms with Crippen LogP contribution >= 0.6 is 0 Å². The van der Waals surface area contributed by atoms with Crippen LogP contribution in [0.15, 0.2) is 43.4 Å². The fourth-order valence-corrected chi connectivity index (χ4v) is 1.79. The predicted molar refractivity (Wildman–Crippen MR) is 75.6 cm³/mol. The maximum atomic E-state index is 11.8. The Morgan fingerprint density at radius 2 is 2.05 bits per heavy atom. The molecule has 2 rings (SSSR count). The zero-order chi connectivity index (χ0) is 14.5. The van der Waals surface area contributed by atoms with Gasteiger partial charge in [0.25, 0.3) is 0 Å². The van der Waals surface area contributed by atoms with Gasteiger partial charge in [-0.3, -0.25) is 4.57 Å². The Hall–Kier alpha value is -2.56. The summed E-state index contributed by atoms with van der Waals surface area (Å²) in [5.74, 6) is 0.345. The Kier molecular flexibility index (Phi) is 4.20. The first-order chi connectivity index (χ1) is 9.67. The molecule has 5 heteroatoms. The average Bonchev–Trinajstić information content (AvgIpc) is 2.96. The molecule has 0 saturated heterocycles. The summed E-state index contributed by atoms with van der Waals surface area (Å²) in [6, 6.07) is 7.41. The number of aromatic nitrogens is 2. The quantitative estimate of drug-likeness (QED) is 0.785. The Morgan fingerprint density at radius 3 is 2.65 bits per heavy atom. The summed E-state index contributed by atoms with van der Waals surface area (Å²) in [4.78, 5) is 15.8. The molecule has 0 saturated carbocycles. The Bertz CT molecular complexity index is 614. The van der Waals surface area contributed by atoms with E-state index < -0.39 is 5.97 Å². The van der Waals surface area contributed by atoms with E-state index in [0.29, 0.717) is 18.0 Å². The lowest BCUT2D eigenvalue weighted by Gasteiger charge is -2.11. The maximum Gasteiger partial charge on any atom is 0.356 e. The van der Waals surface area contributed by atoms with E-state index >= 15 is 0 Å². The zero-order valence-corrected chi connectivity index (χ0v) is 11.5. The van der Waals surface area contributed by atoms with Crippen molar-refractivity contribution < 1.29 is 14.3 Å². The summed E-state index contributed by atoms with van der Waals surface area (Å²) < 4.78 is 11.7. The van der Waals surface area contributed by atoms with Crippen molar-refractivity contribution in [3.05, 3.63) is 54.6 Å². The van der Waals surface area contributed by atoms with Gasteiger partial charge in [0, 0.05) is 5.70 Å². The van der Waals surface area contributed by atoms with Gasteiger partial charge in [-0.05, 0) is 36.8 Å². The van der Waals surface area contributed by atoms with Gasteiger partial charge in [-0.15, -0.1) is 0 Å². The Labute approximate surface area is 117 Å². The molecular formula is C15H16N2O3. The molecule has 0 spiro atoms. The molecule has 104 valence electrons. The molecule has 20 heavy (non-hydrogen) atoms. The van der Waals surface area contributed by atoms with E-state index in [2.05, 4.69) is 11.6 Å². The second-order valence-electron chi connectivity index (χ2n) is 4.04. The molecule has 2 aromatic rings. The molecule has 1 aromatic heterocycles.